The van der Waals surface area contributed by atoms with E-state index >= 15 is 0 Å². The molecular formula is C30H44O9. The van der Waals surface area contributed by atoms with E-state index in [-0.39, 0.29) is 41.5 Å². The maximum absolute atomic E-state index is 12.5. The van der Waals surface area contributed by atoms with Gasteiger partial charge in [-0.1, -0.05) is 13.8 Å². The number of aliphatic hydroxyl groups is 3. The summed E-state index contributed by atoms with van der Waals surface area (Å²) in [6, 6.07) is 0. The summed E-state index contributed by atoms with van der Waals surface area (Å²) < 4.78 is 29.4. The van der Waals surface area contributed by atoms with Crippen molar-refractivity contribution in [3.63, 3.8) is 0 Å². The third kappa shape index (κ3) is 3.60. The van der Waals surface area contributed by atoms with Gasteiger partial charge in [-0.25, -0.2) is 4.79 Å². The second-order valence-corrected chi connectivity index (χ2v) is 14.0. The van der Waals surface area contributed by atoms with Crippen molar-refractivity contribution < 1.29 is 43.8 Å². The van der Waals surface area contributed by atoms with Crippen LogP contribution in [-0.4, -0.2) is 89.6 Å². The van der Waals surface area contributed by atoms with Crippen LogP contribution in [0.15, 0.2) is 11.6 Å². The predicted molar refractivity (Wildman–Crippen MR) is 137 cm³/mol. The Hall–Kier alpha value is -1.07. The summed E-state index contributed by atoms with van der Waals surface area (Å²) in [6.45, 7) is 6.71. The van der Waals surface area contributed by atoms with Gasteiger partial charge in [0.25, 0.3) is 0 Å². The zero-order valence-corrected chi connectivity index (χ0v) is 23.5. The molecule has 3 aliphatic heterocycles. The van der Waals surface area contributed by atoms with E-state index < -0.39 is 41.7 Å². The van der Waals surface area contributed by atoms with Crippen molar-refractivity contribution in [2.75, 3.05) is 13.7 Å². The summed E-state index contributed by atoms with van der Waals surface area (Å²) in [5.41, 5.74) is -0.169. The molecule has 218 valence electrons. The molecule has 0 aromatic heterocycles. The lowest BCUT2D eigenvalue weighted by Gasteiger charge is -2.62. The Morgan fingerprint density at radius 1 is 1.05 bits per heavy atom. The van der Waals surface area contributed by atoms with Gasteiger partial charge in [-0.15, -0.1) is 0 Å². The second-order valence-electron chi connectivity index (χ2n) is 14.0. The first-order valence-corrected chi connectivity index (χ1v) is 15.0. The lowest BCUT2D eigenvalue weighted by atomic mass is 9.43. The topological polar surface area (TPSA) is 127 Å². The number of hydrogen-bond donors (Lipinski definition) is 3. The summed E-state index contributed by atoms with van der Waals surface area (Å²) in [5.74, 6) is 0.727. The smallest absolute Gasteiger partial charge is 0.331 e. The largest absolute Gasteiger partial charge is 0.458 e. The zero-order valence-electron chi connectivity index (χ0n) is 23.5. The van der Waals surface area contributed by atoms with Crippen LogP contribution in [0.5, 0.6) is 0 Å². The van der Waals surface area contributed by atoms with E-state index in [1.54, 1.807) is 13.0 Å². The Morgan fingerprint density at radius 2 is 1.85 bits per heavy atom. The van der Waals surface area contributed by atoms with Crippen molar-refractivity contribution in [3.05, 3.63) is 11.6 Å². The van der Waals surface area contributed by atoms with E-state index in [1.165, 1.54) is 7.11 Å². The molecule has 0 radical (unpaired) electrons. The average molecular weight is 549 g/mol. The van der Waals surface area contributed by atoms with E-state index in [0.717, 1.165) is 50.5 Å². The number of ether oxygens (including phenoxy) is 5. The fraction of sp³-hybridized carbons (Fsp3) is 0.900. The number of epoxide rings is 1. The van der Waals surface area contributed by atoms with E-state index in [4.69, 9.17) is 23.7 Å². The van der Waals surface area contributed by atoms with Gasteiger partial charge in [0.05, 0.1) is 30.0 Å². The molecule has 15 atom stereocenters. The van der Waals surface area contributed by atoms with Crippen LogP contribution in [0.25, 0.3) is 0 Å². The molecule has 7 aliphatic rings. The number of cyclic esters (lactones) is 1. The van der Waals surface area contributed by atoms with Crippen LogP contribution in [0.4, 0.5) is 0 Å². The molecule has 0 spiro atoms. The maximum Gasteiger partial charge on any atom is 0.331 e. The fourth-order valence-electron chi connectivity index (χ4n) is 10.4. The van der Waals surface area contributed by atoms with Gasteiger partial charge < -0.3 is 39.0 Å². The molecule has 3 unspecified atom stereocenters. The van der Waals surface area contributed by atoms with Crippen molar-refractivity contribution in [1.29, 1.82) is 0 Å². The van der Waals surface area contributed by atoms with Gasteiger partial charge in [0.2, 0.25) is 0 Å². The van der Waals surface area contributed by atoms with Crippen molar-refractivity contribution in [1.82, 2.24) is 0 Å². The van der Waals surface area contributed by atoms with Gasteiger partial charge in [0, 0.05) is 18.6 Å². The Morgan fingerprint density at radius 3 is 2.56 bits per heavy atom. The number of rotatable bonds is 4. The summed E-state index contributed by atoms with van der Waals surface area (Å²) in [4.78, 5) is 11.9. The lowest BCUT2D eigenvalue weighted by molar-refractivity contribution is -0.313. The SMILES string of the molecule is CO[C@@H]1[C@@H](O)[C@H](C)O[C@@H](OC2CC[C@@]3(C)[C@H](CC[C@@H]4[C@@H]3C3OC3[C@]3(C)[C@H](C5=CC(=O)OC5)CC[C@]43O)C2)[C@@H]1O. The molecule has 3 N–H and O–H groups in total. The summed E-state index contributed by atoms with van der Waals surface area (Å²) in [6.07, 6.45) is 3.98. The zero-order chi connectivity index (χ0) is 27.5. The summed E-state index contributed by atoms with van der Waals surface area (Å²) in [7, 11) is 1.48. The Labute approximate surface area is 230 Å². The molecular weight excluding hydrogens is 504 g/mol. The van der Waals surface area contributed by atoms with E-state index in [2.05, 4.69) is 13.8 Å². The van der Waals surface area contributed by atoms with Crippen LogP contribution >= 0.6 is 0 Å². The minimum absolute atomic E-state index is 0.00192. The first-order chi connectivity index (χ1) is 18.5. The highest BCUT2D eigenvalue weighted by Gasteiger charge is 2.79. The van der Waals surface area contributed by atoms with Crippen LogP contribution in [0.3, 0.4) is 0 Å². The number of carbonyl (C=O) groups is 1. The lowest BCUT2D eigenvalue weighted by Crippen LogP contribution is -2.65. The number of aliphatic hydroxyl groups excluding tert-OH is 2. The normalized spacial score (nSPS) is 58.0. The molecule has 0 aromatic rings. The first-order valence-electron chi connectivity index (χ1n) is 15.0. The first kappa shape index (κ1) is 26.8. The maximum atomic E-state index is 12.5. The molecule has 6 fully saturated rings. The molecule has 4 aliphatic carbocycles. The van der Waals surface area contributed by atoms with Crippen molar-refractivity contribution >= 4 is 5.97 Å². The van der Waals surface area contributed by atoms with Crippen LogP contribution in [0.2, 0.25) is 0 Å². The van der Waals surface area contributed by atoms with Gasteiger partial charge in [-0.2, -0.15) is 0 Å². The molecule has 4 saturated carbocycles. The van der Waals surface area contributed by atoms with Crippen LogP contribution in [0, 0.1) is 34.5 Å². The molecule has 0 aromatic carbocycles. The van der Waals surface area contributed by atoms with E-state index in [0.29, 0.717) is 18.4 Å². The molecule has 2 saturated heterocycles. The van der Waals surface area contributed by atoms with Crippen LogP contribution in [-0.2, 0) is 28.5 Å². The molecule has 7 rings (SSSR count). The highest BCUT2D eigenvalue weighted by atomic mass is 16.7. The quantitative estimate of drug-likeness (QED) is 0.275. The van der Waals surface area contributed by atoms with Crippen LogP contribution in [0.1, 0.15) is 65.7 Å². The van der Waals surface area contributed by atoms with Gasteiger partial charge in [-0.05, 0) is 86.5 Å². The molecule has 9 nitrogen and oxygen atoms in total. The van der Waals surface area contributed by atoms with Gasteiger partial charge >= 0.3 is 5.97 Å². The average Bonchev–Trinajstić information content (AvgIpc) is 3.51. The molecule has 0 amide bonds. The second kappa shape index (κ2) is 8.96. The Bertz CT molecular complexity index is 1050. The summed E-state index contributed by atoms with van der Waals surface area (Å²) in [5, 5.41) is 33.6. The van der Waals surface area contributed by atoms with Crippen LogP contribution < -0.4 is 0 Å². The van der Waals surface area contributed by atoms with Gasteiger partial charge in [0.1, 0.15) is 24.9 Å². The summed E-state index contributed by atoms with van der Waals surface area (Å²) >= 11 is 0. The Balaban J connectivity index is 1.09. The molecule has 0 bridgehead atoms. The van der Waals surface area contributed by atoms with Gasteiger partial charge in [-0.3, -0.25) is 0 Å². The van der Waals surface area contributed by atoms with E-state index in [9.17, 15) is 20.1 Å². The minimum Gasteiger partial charge on any atom is -0.458 e. The Kier molecular flexibility index (Phi) is 6.16. The van der Waals surface area contributed by atoms with E-state index in [1.807, 2.05) is 0 Å². The number of hydrogen-bond acceptors (Lipinski definition) is 9. The molecule has 9 heteroatoms. The fourth-order valence-corrected chi connectivity index (χ4v) is 10.4. The minimum atomic E-state index is -1.05. The number of carbonyl (C=O) groups excluding carboxylic acids is 1. The van der Waals surface area contributed by atoms with Crippen molar-refractivity contribution in [3.8, 4) is 0 Å². The number of fused-ring (bicyclic) bond motifs is 8. The molecule has 3 heterocycles. The van der Waals surface area contributed by atoms with Gasteiger partial charge in [0.15, 0.2) is 6.29 Å². The predicted octanol–water partition coefficient (Wildman–Crippen LogP) is 2.10. The third-order valence-electron chi connectivity index (χ3n) is 12.6. The standard InChI is InChI=1S/C30H44O9/c1-14-22(32)25(35-4)23(33)27(37-14)38-17-7-9-28(2)16(12-17)5-6-19-21(28)24-26(39-24)29(3)18(8-10-30(19,29)34)15-11-20(31)36-13-15/h11,14,16-19,21-27,32-34H,5-10,12-13H2,1-4H3/t14-,16+,17?,18-,19+,21+,22-,23+,24?,25+,26?,27-,28-,29-,30-/m0/s1. The third-order valence-corrected chi connectivity index (χ3v) is 12.6. The van der Waals surface area contributed by atoms with Crippen molar-refractivity contribution in [2.45, 2.75) is 120 Å². The highest BCUT2D eigenvalue weighted by Crippen LogP contribution is 2.74. The van der Waals surface area contributed by atoms with Crippen molar-refractivity contribution in [2.24, 2.45) is 34.5 Å². The molecule has 39 heavy (non-hydrogen) atoms. The monoisotopic (exact) mass is 548 g/mol. The number of esters is 1. The highest BCUT2D eigenvalue weighted by molar-refractivity contribution is 5.85. The number of methoxy groups -OCH3 is 1.